The summed E-state index contributed by atoms with van der Waals surface area (Å²) >= 11 is 0. The highest BCUT2D eigenvalue weighted by Crippen LogP contribution is 2.22. The van der Waals surface area contributed by atoms with Crippen LogP contribution in [-0.2, 0) is 4.74 Å². The molecule has 0 radical (unpaired) electrons. The standard InChI is InChI=1S/C15H24N2O3/c1-15(2,3)20-14(18)17-11-7-10-16-12-8-5-6-9-13(12)19-4/h5-6,8-9,16H,7,10-11H2,1-4H3,(H,17,18). The fourth-order valence-corrected chi connectivity index (χ4v) is 1.61. The first-order valence-corrected chi connectivity index (χ1v) is 6.76. The van der Waals surface area contributed by atoms with Crippen LogP contribution in [0.4, 0.5) is 10.5 Å². The van der Waals surface area contributed by atoms with E-state index in [1.165, 1.54) is 0 Å². The third kappa shape index (κ3) is 6.31. The summed E-state index contributed by atoms with van der Waals surface area (Å²) in [6, 6.07) is 7.74. The van der Waals surface area contributed by atoms with Crippen LogP contribution in [-0.4, -0.2) is 31.9 Å². The van der Waals surface area contributed by atoms with E-state index in [4.69, 9.17) is 9.47 Å². The van der Waals surface area contributed by atoms with Gasteiger partial charge in [0.2, 0.25) is 0 Å². The van der Waals surface area contributed by atoms with Crippen molar-refractivity contribution in [3.8, 4) is 5.75 Å². The van der Waals surface area contributed by atoms with E-state index in [0.717, 1.165) is 24.4 Å². The smallest absolute Gasteiger partial charge is 0.407 e. The molecule has 5 nitrogen and oxygen atoms in total. The Morgan fingerprint density at radius 1 is 1.20 bits per heavy atom. The molecule has 1 rings (SSSR count). The molecule has 0 heterocycles. The fourth-order valence-electron chi connectivity index (χ4n) is 1.61. The molecule has 0 aliphatic heterocycles. The SMILES string of the molecule is COc1ccccc1NCCCNC(=O)OC(C)(C)C. The monoisotopic (exact) mass is 280 g/mol. The lowest BCUT2D eigenvalue weighted by Gasteiger charge is -2.19. The van der Waals surface area contributed by atoms with Crippen molar-refractivity contribution in [3.63, 3.8) is 0 Å². The summed E-state index contributed by atoms with van der Waals surface area (Å²) in [6.07, 6.45) is 0.423. The van der Waals surface area contributed by atoms with Crippen molar-refractivity contribution in [1.29, 1.82) is 0 Å². The van der Waals surface area contributed by atoms with Gasteiger partial charge < -0.3 is 20.1 Å². The number of nitrogens with one attached hydrogen (secondary N) is 2. The van der Waals surface area contributed by atoms with E-state index < -0.39 is 5.60 Å². The van der Waals surface area contributed by atoms with Crippen LogP contribution >= 0.6 is 0 Å². The third-order valence-corrected chi connectivity index (χ3v) is 2.44. The molecule has 0 aliphatic rings. The molecule has 1 amide bonds. The number of hydrogen-bond acceptors (Lipinski definition) is 4. The van der Waals surface area contributed by atoms with Gasteiger partial charge in [-0.25, -0.2) is 4.79 Å². The Morgan fingerprint density at radius 3 is 2.55 bits per heavy atom. The number of carbonyl (C=O) groups is 1. The summed E-state index contributed by atoms with van der Waals surface area (Å²) in [6.45, 7) is 6.84. The number of carbonyl (C=O) groups excluding carboxylic acids is 1. The van der Waals surface area contributed by atoms with Crippen LogP contribution in [0.25, 0.3) is 0 Å². The van der Waals surface area contributed by atoms with Gasteiger partial charge in [0.15, 0.2) is 0 Å². The maximum absolute atomic E-state index is 11.4. The van der Waals surface area contributed by atoms with Gasteiger partial charge in [-0.05, 0) is 39.3 Å². The molecule has 0 aromatic heterocycles. The summed E-state index contributed by atoms with van der Waals surface area (Å²) in [5.41, 5.74) is 0.493. The molecule has 1 aromatic rings. The Hall–Kier alpha value is -1.91. The first-order chi connectivity index (χ1) is 9.42. The van der Waals surface area contributed by atoms with Gasteiger partial charge in [-0.3, -0.25) is 0 Å². The normalized spacial score (nSPS) is 10.8. The molecule has 20 heavy (non-hydrogen) atoms. The van der Waals surface area contributed by atoms with Crippen LogP contribution in [0.3, 0.4) is 0 Å². The lowest BCUT2D eigenvalue weighted by atomic mass is 10.2. The second-order valence-electron chi connectivity index (χ2n) is 5.41. The first-order valence-electron chi connectivity index (χ1n) is 6.76. The Labute approximate surface area is 120 Å². The van der Waals surface area contributed by atoms with Gasteiger partial charge in [0.1, 0.15) is 11.4 Å². The summed E-state index contributed by atoms with van der Waals surface area (Å²) in [4.78, 5) is 11.4. The van der Waals surface area contributed by atoms with E-state index in [-0.39, 0.29) is 6.09 Å². The Morgan fingerprint density at radius 2 is 1.90 bits per heavy atom. The zero-order valence-electron chi connectivity index (χ0n) is 12.7. The predicted molar refractivity (Wildman–Crippen MR) is 80.3 cm³/mol. The lowest BCUT2D eigenvalue weighted by molar-refractivity contribution is 0.0528. The molecule has 0 saturated heterocycles. The molecule has 0 unspecified atom stereocenters. The van der Waals surface area contributed by atoms with Crippen LogP contribution in [0.2, 0.25) is 0 Å². The maximum Gasteiger partial charge on any atom is 0.407 e. The molecule has 0 fully saturated rings. The van der Waals surface area contributed by atoms with Crippen LogP contribution in [0.1, 0.15) is 27.2 Å². The quantitative estimate of drug-likeness (QED) is 0.786. The second kappa shape index (κ2) is 7.62. The topological polar surface area (TPSA) is 59.6 Å². The Balaban J connectivity index is 2.21. The van der Waals surface area contributed by atoms with Gasteiger partial charge in [-0.15, -0.1) is 0 Å². The minimum Gasteiger partial charge on any atom is -0.495 e. The lowest BCUT2D eigenvalue weighted by Crippen LogP contribution is -2.33. The van der Waals surface area contributed by atoms with Gasteiger partial charge >= 0.3 is 6.09 Å². The molecule has 5 heteroatoms. The minimum absolute atomic E-state index is 0.380. The number of amides is 1. The molecule has 0 saturated carbocycles. The van der Waals surface area contributed by atoms with Crippen molar-refractivity contribution in [3.05, 3.63) is 24.3 Å². The van der Waals surface area contributed by atoms with Crippen molar-refractivity contribution < 1.29 is 14.3 Å². The molecular formula is C15H24N2O3. The van der Waals surface area contributed by atoms with Crippen molar-refractivity contribution in [2.75, 3.05) is 25.5 Å². The van der Waals surface area contributed by atoms with Crippen molar-refractivity contribution in [1.82, 2.24) is 5.32 Å². The molecule has 112 valence electrons. The molecule has 0 spiro atoms. The molecule has 0 bridgehead atoms. The number of anilines is 1. The predicted octanol–water partition coefficient (Wildman–Crippen LogP) is 3.02. The summed E-state index contributed by atoms with van der Waals surface area (Å²) in [7, 11) is 1.64. The van der Waals surface area contributed by atoms with Crippen LogP contribution in [0.15, 0.2) is 24.3 Å². The molecular weight excluding hydrogens is 256 g/mol. The number of para-hydroxylation sites is 2. The Kier molecular flexibility index (Phi) is 6.15. The van der Waals surface area contributed by atoms with Gasteiger partial charge in [0.25, 0.3) is 0 Å². The summed E-state index contributed by atoms with van der Waals surface area (Å²) in [5.74, 6) is 0.813. The van der Waals surface area contributed by atoms with E-state index in [1.807, 2.05) is 45.0 Å². The molecule has 0 aliphatic carbocycles. The highest BCUT2D eigenvalue weighted by Gasteiger charge is 2.15. The number of ether oxygens (including phenoxy) is 2. The van der Waals surface area contributed by atoms with Crippen molar-refractivity contribution in [2.24, 2.45) is 0 Å². The van der Waals surface area contributed by atoms with E-state index in [1.54, 1.807) is 7.11 Å². The van der Waals surface area contributed by atoms with Gasteiger partial charge in [-0.1, -0.05) is 12.1 Å². The van der Waals surface area contributed by atoms with E-state index in [9.17, 15) is 4.79 Å². The fraction of sp³-hybridized carbons (Fsp3) is 0.533. The van der Waals surface area contributed by atoms with Gasteiger partial charge in [0, 0.05) is 13.1 Å². The minimum atomic E-state index is -0.459. The summed E-state index contributed by atoms with van der Waals surface area (Å²) < 4.78 is 10.4. The zero-order chi connectivity index (χ0) is 15.0. The molecule has 0 atom stereocenters. The highest BCUT2D eigenvalue weighted by atomic mass is 16.6. The number of benzene rings is 1. The van der Waals surface area contributed by atoms with E-state index in [2.05, 4.69) is 10.6 Å². The van der Waals surface area contributed by atoms with Crippen LogP contribution < -0.4 is 15.4 Å². The average molecular weight is 280 g/mol. The third-order valence-electron chi connectivity index (χ3n) is 2.44. The number of methoxy groups -OCH3 is 1. The van der Waals surface area contributed by atoms with E-state index in [0.29, 0.717) is 6.54 Å². The molecule has 2 N–H and O–H groups in total. The van der Waals surface area contributed by atoms with Gasteiger partial charge in [0.05, 0.1) is 12.8 Å². The largest absolute Gasteiger partial charge is 0.495 e. The molecule has 1 aromatic carbocycles. The first kappa shape index (κ1) is 16.1. The van der Waals surface area contributed by atoms with Crippen LogP contribution in [0.5, 0.6) is 5.75 Å². The number of rotatable bonds is 6. The van der Waals surface area contributed by atoms with E-state index >= 15 is 0 Å². The van der Waals surface area contributed by atoms with Gasteiger partial charge in [-0.2, -0.15) is 0 Å². The zero-order valence-corrected chi connectivity index (χ0v) is 12.7. The second-order valence-corrected chi connectivity index (χ2v) is 5.41. The summed E-state index contributed by atoms with van der Waals surface area (Å²) in [5, 5.41) is 5.99. The van der Waals surface area contributed by atoms with Crippen molar-refractivity contribution >= 4 is 11.8 Å². The average Bonchev–Trinajstić information content (AvgIpc) is 2.36. The Bertz CT molecular complexity index is 427. The van der Waals surface area contributed by atoms with Crippen molar-refractivity contribution in [2.45, 2.75) is 32.8 Å². The van der Waals surface area contributed by atoms with Crippen LogP contribution in [0, 0.1) is 0 Å². The number of alkyl carbamates (subject to hydrolysis) is 1. The maximum atomic E-state index is 11.4. The highest BCUT2D eigenvalue weighted by molar-refractivity contribution is 5.67. The number of hydrogen-bond donors (Lipinski definition) is 2.